The second-order valence-electron chi connectivity index (χ2n) is 6.78. The number of carbonyl (C=O) groups excluding carboxylic acids is 1. The maximum Gasteiger partial charge on any atom is 0.407 e. The van der Waals surface area contributed by atoms with Crippen molar-refractivity contribution < 1.29 is 14.3 Å². The number of methoxy groups -OCH3 is 1. The highest BCUT2D eigenvalue weighted by atomic mass is 16.6. The first-order valence-electron chi connectivity index (χ1n) is 8.54. The van der Waals surface area contributed by atoms with Crippen molar-refractivity contribution in [3.8, 4) is 0 Å². The van der Waals surface area contributed by atoms with Crippen LogP contribution in [0.1, 0.15) is 66.7 Å². The van der Waals surface area contributed by atoms with E-state index in [9.17, 15) is 4.79 Å². The van der Waals surface area contributed by atoms with Gasteiger partial charge in [-0.15, -0.1) is 0 Å². The Bertz CT molecular complexity index is 290. The second kappa shape index (κ2) is 11.7. The quantitative estimate of drug-likeness (QED) is 0.573. The summed E-state index contributed by atoms with van der Waals surface area (Å²) in [6.45, 7) is 11.3. The van der Waals surface area contributed by atoms with Crippen molar-refractivity contribution in [2.24, 2.45) is 0 Å². The van der Waals surface area contributed by atoms with E-state index in [2.05, 4.69) is 24.5 Å². The first kappa shape index (κ1) is 21.2. The third-order valence-electron chi connectivity index (χ3n) is 3.37. The molecule has 0 saturated heterocycles. The van der Waals surface area contributed by atoms with Gasteiger partial charge in [0.15, 0.2) is 0 Å². The SMILES string of the molecule is CCCC(CC)NC(CCCNC(=O)OC(C)(C)C)COC. The molecule has 0 aromatic carbocycles. The Morgan fingerprint density at radius 2 is 1.82 bits per heavy atom. The van der Waals surface area contributed by atoms with Crippen LogP contribution in [0, 0.1) is 0 Å². The van der Waals surface area contributed by atoms with Crippen LogP contribution in [0.3, 0.4) is 0 Å². The van der Waals surface area contributed by atoms with Crippen LogP contribution in [0.25, 0.3) is 0 Å². The first-order chi connectivity index (χ1) is 10.3. The topological polar surface area (TPSA) is 59.6 Å². The molecule has 0 aliphatic carbocycles. The van der Waals surface area contributed by atoms with Gasteiger partial charge in [0, 0.05) is 25.7 Å². The normalized spacial score (nSPS) is 14.5. The van der Waals surface area contributed by atoms with Crippen LogP contribution in [0.2, 0.25) is 0 Å². The van der Waals surface area contributed by atoms with Gasteiger partial charge in [-0.2, -0.15) is 0 Å². The molecule has 0 saturated carbocycles. The number of hydrogen-bond acceptors (Lipinski definition) is 4. The molecule has 5 heteroatoms. The minimum absolute atomic E-state index is 0.335. The highest BCUT2D eigenvalue weighted by Gasteiger charge is 2.16. The predicted octanol–water partition coefficient (Wildman–Crippen LogP) is 3.47. The Labute approximate surface area is 136 Å². The van der Waals surface area contributed by atoms with Crippen molar-refractivity contribution in [1.29, 1.82) is 0 Å². The summed E-state index contributed by atoms with van der Waals surface area (Å²) < 4.78 is 10.5. The Morgan fingerprint density at radius 1 is 1.14 bits per heavy atom. The summed E-state index contributed by atoms with van der Waals surface area (Å²) >= 11 is 0. The van der Waals surface area contributed by atoms with Crippen molar-refractivity contribution >= 4 is 6.09 Å². The molecule has 0 aliphatic rings. The summed E-state index contributed by atoms with van der Waals surface area (Å²) in [5.41, 5.74) is -0.446. The van der Waals surface area contributed by atoms with Crippen LogP contribution in [-0.2, 0) is 9.47 Å². The van der Waals surface area contributed by atoms with E-state index in [4.69, 9.17) is 9.47 Å². The lowest BCUT2D eigenvalue weighted by molar-refractivity contribution is 0.0526. The van der Waals surface area contributed by atoms with E-state index in [1.807, 2.05) is 20.8 Å². The van der Waals surface area contributed by atoms with Gasteiger partial charge >= 0.3 is 6.09 Å². The number of nitrogens with one attached hydrogen (secondary N) is 2. The largest absolute Gasteiger partial charge is 0.444 e. The molecule has 0 radical (unpaired) electrons. The van der Waals surface area contributed by atoms with E-state index in [0.29, 0.717) is 25.2 Å². The smallest absolute Gasteiger partial charge is 0.407 e. The number of alkyl carbamates (subject to hydrolysis) is 1. The van der Waals surface area contributed by atoms with Crippen LogP contribution >= 0.6 is 0 Å². The van der Waals surface area contributed by atoms with Crippen molar-refractivity contribution in [2.75, 3.05) is 20.3 Å². The number of amides is 1. The highest BCUT2D eigenvalue weighted by Crippen LogP contribution is 2.08. The monoisotopic (exact) mass is 316 g/mol. The predicted molar refractivity (Wildman–Crippen MR) is 91.3 cm³/mol. The molecule has 5 nitrogen and oxygen atoms in total. The number of hydrogen-bond donors (Lipinski definition) is 2. The summed E-state index contributed by atoms with van der Waals surface area (Å²) in [6, 6.07) is 0.880. The molecule has 1 amide bonds. The maximum absolute atomic E-state index is 11.6. The van der Waals surface area contributed by atoms with Crippen LogP contribution in [0.15, 0.2) is 0 Å². The molecule has 2 N–H and O–H groups in total. The fourth-order valence-corrected chi connectivity index (χ4v) is 2.36. The minimum Gasteiger partial charge on any atom is -0.444 e. The molecule has 22 heavy (non-hydrogen) atoms. The Morgan fingerprint density at radius 3 is 2.32 bits per heavy atom. The summed E-state index contributed by atoms with van der Waals surface area (Å²) in [4.78, 5) is 11.6. The molecular formula is C17H36N2O3. The van der Waals surface area contributed by atoms with Crippen molar-refractivity contribution in [3.63, 3.8) is 0 Å². The number of carbonyl (C=O) groups is 1. The zero-order valence-electron chi connectivity index (χ0n) is 15.3. The molecule has 0 spiro atoms. The lowest BCUT2D eigenvalue weighted by Gasteiger charge is -2.25. The van der Waals surface area contributed by atoms with E-state index < -0.39 is 5.60 Å². The zero-order valence-corrected chi connectivity index (χ0v) is 15.3. The Hall–Kier alpha value is -0.810. The number of rotatable bonds is 11. The minimum atomic E-state index is -0.446. The van der Waals surface area contributed by atoms with Gasteiger partial charge in [-0.25, -0.2) is 4.79 Å². The summed E-state index contributed by atoms with van der Waals surface area (Å²) in [5, 5.41) is 6.46. The molecule has 2 unspecified atom stereocenters. The molecule has 0 rings (SSSR count). The fourth-order valence-electron chi connectivity index (χ4n) is 2.36. The van der Waals surface area contributed by atoms with Crippen LogP contribution in [0.5, 0.6) is 0 Å². The van der Waals surface area contributed by atoms with E-state index >= 15 is 0 Å². The maximum atomic E-state index is 11.6. The molecule has 0 aromatic rings. The summed E-state index contributed by atoms with van der Waals surface area (Å²) in [7, 11) is 1.73. The van der Waals surface area contributed by atoms with Gasteiger partial charge in [0.05, 0.1) is 6.61 Å². The Kier molecular flexibility index (Phi) is 11.3. The molecule has 0 aromatic heterocycles. The van der Waals surface area contributed by atoms with E-state index in [0.717, 1.165) is 19.3 Å². The van der Waals surface area contributed by atoms with Crippen molar-refractivity contribution in [3.05, 3.63) is 0 Å². The lowest BCUT2D eigenvalue weighted by atomic mass is 10.1. The van der Waals surface area contributed by atoms with E-state index in [-0.39, 0.29) is 6.09 Å². The van der Waals surface area contributed by atoms with Crippen LogP contribution in [0.4, 0.5) is 4.79 Å². The van der Waals surface area contributed by atoms with E-state index in [1.54, 1.807) is 7.11 Å². The fraction of sp³-hybridized carbons (Fsp3) is 0.941. The van der Waals surface area contributed by atoms with Gasteiger partial charge in [0.25, 0.3) is 0 Å². The lowest BCUT2D eigenvalue weighted by Crippen LogP contribution is -2.41. The standard InChI is InChI=1S/C17H36N2O3/c1-7-10-14(8-2)19-15(13-21-6)11-9-12-18-16(20)22-17(3,4)5/h14-15,19H,7-13H2,1-6H3,(H,18,20). The average Bonchev–Trinajstić information content (AvgIpc) is 2.41. The number of ether oxygens (including phenoxy) is 2. The van der Waals surface area contributed by atoms with Gasteiger partial charge in [-0.1, -0.05) is 20.3 Å². The van der Waals surface area contributed by atoms with Crippen molar-refractivity contribution in [2.45, 2.75) is 84.4 Å². The van der Waals surface area contributed by atoms with Gasteiger partial charge in [-0.3, -0.25) is 0 Å². The molecule has 2 atom stereocenters. The van der Waals surface area contributed by atoms with Crippen molar-refractivity contribution in [1.82, 2.24) is 10.6 Å². The molecular weight excluding hydrogens is 280 g/mol. The average molecular weight is 316 g/mol. The zero-order chi connectivity index (χ0) is 17.0. The van der Waals surface area contributed by atoms with Gasteiger partial charge in [-0.05, 0) is 46.5 Å². The first-order valence-corrected chi connectivity index (χ1v) is 8.54. The second-order valence-corrected chi connectivity index (χ2v) is 6.78. The third-order valence-corrected chi connectivity index (χ3v) is 3.37. The highest BCUT2D eigenvalue weighted by molar-refractivity contribution is 5.67. The van der Waals surface area contributed by atoms with Crippen LogP contribution in [-0.4, -0.2) is 44.0 Å². The van der Waals surface area contributed by atoms with Gasteiger partial charge in [0.2, 0.25) is 0 Å². The molecule has 0 bridgehead atoms. The Balaban J connectivity index is 4.02. The van der Waals surface area contributed by atoms with Gasteiger partial charge < -0.3 is 20.1 Å². The summed E-state index contributed by atoms with van der Waals surface area (Å²) in [5.74, 6) is 0. The van der Waals surface area contributed by atoms with E-state index in [1.165, 1.54) is 12.8 Å². The van der Waals surface area contributed by atoms with Crippen LogP contribution < -0.4 is 10.6 Å². The molecule has 132 valence electrons. The molecule has 0 fully saturated rings. The third kappa shape index (κ3) is 11.8. The molecule has 0 heterocycles. The molecule has 0 aliphatic heterocycles. The summed E-state index contributed by atoms with van der Waals surface area (Å²) in [6.07, 6.45) is 5.04. The van der Waals surface area contributed by atoms with Gasteiger partial charge in [0.1, 0.15) is 5.60 Å².